The SMILES string of the molecule is CCOCCCC(=O)N[C@H]1C[C@@H]1c1cccc(Cl)c1. The molecule has 0 heterocycles. The monoisotopic (exact) mass is 281 g/mol. The molecule has 0 spiro atoms. The van der Waals surface area contributed by atoms with Crippen LogP contribution in [0.3, 0.4) is 0 Å². The molecule has 1 aromatic rings. The van der Waals surface area contributed by atoms with Gasteiger partial charge in [0.05, 0.1) is 0 Å². The summed E-state index contributed by atoms with van der Waals surface area (Å²) in [6, 6.07) is 8.15. The van der Waals surface area contributed by atoms with E-state index in [4.69, 9.17) is 16.3 Å². The van der Waals surface area contributed by atoms with Crippen LogP contribution in [0.25, 0.3) is 0 Å². The summed E-state index contributed by atoms with van der Waals surface area (Å²) in [5.74, 6) is 0.545. The summed E-state index contributed by atoms with van der Waals surface area (Å²) in [4.78, 5) is 11.7. The van der Waals surface area contributed by atoms with Crippen LogP contribution in [0.4, 0.5) is 0 Å². The number of carbonyl (C=O) groups excluding carboxylic acids is 1. The van der Waals surface area contributed by atoms with Gasteiger partial charge in [0.1, 0.15) is 0 Å². The third kappa shape index (κ3) is 4.51. The highest BCUT2D eigenvalue weighted by atomic mass is 35.5. The second-order valence-electron chi connectivity index (χ2n) is 4.87. The predicted molar refractivity (Wildman–Crippen MR) is 76.5 cm³/mol. The van der Waals surface area contributed by atoms with E-state index in [1.54, 1.807) is 0 Å². The first-order valence-electron chi connectivity index (χ1n) is 6.83. The zero-order valence-corrected chi connectivity index (χ0v) is 12.0. The molecule has 2 atom stereocenters. The highest BCUT2D eigenvalue weighted by molar-refractivity contribution is 6.30. The smallest absolute Gasteiger partial charge is 0.220 e. The second-order valence-corrected chi connectivity index (χ2v) is 5.31. The van der Waals surface area contributed by atoms with Gasteiger partial charge in [-0.1, -0.05) is 23.7 Å². The fraction of sp³-hybridized carbons (Fsp3) is 0.533. The lowest BCUT2D eigenvalue weighted by Gasteiger charge is -2.05. The molecule has 1 saturated carbocycles. The Bertz CT molecular complexity index is 436. The lowest BCUT2D eigenvalue weighted by Crippen LogP contribution is -2.26. The summed E-state index contributed by atoms with van der Waals surface area (Å²) in [5.41, 5.74) is 1.21. The third-order valence-corrected chi connectivity index (χ3v) is 3.55. The van der Waals surface area contributed by atoms with Gasteiger partial charge in [-0.3, -0.25) is 4.79 Å². The van der Waals surface area contributed by atoms with Crippen LogP contribution in [0.15, 0.2) is 24.3 Å². The predicted octanol–water partition coefficient (Wildman–Crippen LogP) is 3.13. The standard InChI is InChI=1S/C15H20ClNO2/c1-2-19-8-4-7-15(18)17-14-10-13(14)11-5-3-6-12(16)9-11/h3,5-6,9,13-14H,2,4,7-8,10H2,1H3,(H,17,18)/t13-,14+/m1/s1. The van der Waals surface area contributed by atoms with Gasteiger partial charge in [0.15, 0.2) is 0 Å². The van der Waals surface area contributed by atoms with Crippen molar-refractivity contribution in [1.29, 1.82) is 0 Å². The van der Waals surface area contributed by atoms with Gasteiger partial charge < -0.3 is 10.1 Å². The van der Waals surface area contributed by atoms with E-state index in [9.17, 15) is 4.79 Å². The summed E-state index contributed by atoms with van der Waals surface area (Å²) in [6.45, 7) is 3.33. The molecule has 0 saturated heterocycles. The minimum atomic E-state index is 0.120. The van der Waals surface area contributed by atoms with Crippen LogP contribution < -0.4 is 5.32 Å². The van der Waals surface area contributed by atoms with Gasteiger partial charge >= 0.3 is 0 Å². The van der Waals surface area contributed by atoms with E-state index in [0.29, 0.717) is 25.6 Å². The van der Waals surface area contributed by atoms with E-state index >= 15 is 0 Å². The first-order chi connectivity index (χ1) is 9.20. The largest absolute Gasteiger partial charge is 0.382 e. The van der Waals surface area contributed by atoms with Crippen molar-refractivity contribution in [3.8, 4) is 0 Å². The highest BCUT2D eigenvalue weighted by Gasteiger charge is 2.39. The Kier molecular flexibility index (Phi) is 5.23. The minimum Gasteiger partial charge on any atom is -0.382 e. The summed E-state index contributed by atoms with van der Waals surface area (Å²) >= 11 is 5.97. The number of benzene rings is 1. The van der Waals surface area contributed by atoms with Crippen molar-refractivity contribution in [2.24, 2.45) is 0 Å². The molecule has 2 rings (SSSR count). The second kappa shape index (κ2) is 6.92. The first-order valence-corrected chi connectivity index (χ1v) is 7.21. The van der Waals surface area contributed by atoms with Crippen molar-refractivity contribution < 1.29 is 9.53 Å². The Morgan fingerprint density at radius 1 is 1.53 bits per heavy atom. The lowest BCUT2D eigenvalue weighted by molar-refractivity contribution is -0.121. The molecule has 104 valence electrons. The number of rotatable bonds is 7. The summed E-state index contributed by atoms with van der Waals surface area (Å²) in [7, 11) is 0. The van der Waals surface area contributed by atoms with E-state index in [0.717, 1.165) is 17.9 Å². The topological polar surface area (TPSA) is 38.3 Å². The minimum absolute atomic E-state index is 0.120. The molecule has 3 nitrogen and oxygen atoms in total. The van der Waals surface area contributed by atoms with Gasteiger partial charge in [-0.25, -0.2) is 0 Å². The average Bonchev–Trinajstić information content (AvgIpc) is 3.14. The van der Waals surface area contributed by atoms with E-state index in [-0.39, 0.29) is 11.9 Å². The Balaban J connectivity index is 1.70. The number of hydrogen-bond donors (Lipinski definition) is 1. The van der Waals surface area contributed by atoms with Crippen molar-refractivity contribution in [3.63, 3.8) is 0 Å². The first kappa shape index (κ1) is 14.4. The summed E-state index contributed by atoms with van der Waals surface area (Å²) < 4.78 is 5.21. The Morgan fingerprint density at radius 3 is 3.11 bits per heavy atom. The van der Waals surface area contributed by atoms with Crippen LogP contribution >= 0.6 is 11.6 Å². The van der Waals surface area contributed by atoms with Gasteiger partial charge in [-0.2, -0.15) is 0 Å². The average molecular weight is 282 g/mol. The maximum atomic E-state index is 11.7. The van der Waals surface area contributed by atoms with E-state index in [1.165, 1.54) is 5.56 Å². The molecule has 1 aromatic carbocycles. The maximum absolute atomic E-state index is 11.7. The molecule has 0 aromatic heterocycles. The van der Waals surface area contributed by atoms with Crippen LogP contribution in [-0.2, 0) is 9.53 Å². The Morgan fingerprint density at radius 2 is 2.37 bits per heavy atom. The molecule has 1 fully saturated rings. The molecule has 1 aliphatic carbocycles. The van der Waals surface area contributed by atoms with Crippen molar-refractivity contribution in [2.45, 2.75) is 38.1 Å². The van der Waals surface area contributed by atoms with E-state index < -0.39 is 0 Å². The van der Waals surface area contributed by atoms with E-state index in [1.807, 2.05) is 25.1 Å². The zero-order valence-electron chi connectivity index (χ0n) is 11.2. The van der Waals surface area contributed by atoms with Crippen molar-refractivity contribution in [1.82, 2.24) is 5.32 Å². The summed E-state index contributed by atoms with van der Waals surface area (Å²) in [5, 5.41) is 3.82. The van der Waals surface area contributed by atoms with Gasteiger partial charge in [0.2, 0.25) is 5.91 Å². The number of halogens is 1. The molecule has 0 unspecified atom stereocenters. The summed E-state index contributed by atoms with van der Waals surface area (Å²) in [6.07, 6.45) is 2.34. The molecular formula is C15H20ClNO2. The number of hydrogen-bond acceptors (Lipinski definition) is 2. The van der Waals surface area contributed by atoms with Crippen LogP contribution in [-0.4, -0.2) is 25.2 Å². The number of ether oxygens (including phenoxy) is 1. The van der Waals surface area contributed by atoms with Gasteiger partial charge in [0.25, 0.3) is 0 Å². The Labute approximate surface area is 119 Å². The Hall–Kier alpha value is -1.06. The molecular weight excluding hydrogens is 262 g/mol. The fourth-order valence-electron chi connectivity index (χ4n) is 2.22. The molecule has 1 aliphatic rings. The molecule has 1 N–H and O–H groups in total. The molecule has 0 radical (unpaired) electrons. The van der Waals surface area contributed by atoms with Gasteiger partial charge in [-0.15, -0.1) is 0 Å². The van der Waals surface area contributed by atoms with Gasteiger partial charge in [0, 0.05) is 36.6 Å². The zero-order chi connectivity index (χ0) is 13.7. The molecule has 1 amide bonds. The number of amides is 1. The maximum Gasteiger partial charge on any atom is 0.220 e. The number of nitrogens with one attached hydrogen (secondary N) is 1. The quantitative estimate of drug-likeness (QED) is 0.780. The van der Waals surface area contributed by atoms with Crippen LogP contribution in [0.1, 0.15) is 37.7 Å². The van der Waals surface area contributed by atoms with E-state index in [2.05, 4.69) is 11.4 Å². The lowest BCUT2D eigenvalue weighted by atomic mass is 10.1. The molecule has 0 bridgehead atoms. The van der Waals surface area contributed by atoms with Crippen molar-refractivity contribution in [2.75, 3.05) is 13.2 Å². The third-order valence-electron chi connectivity index (χ3n) is 3.31. The molecule has 19 heavy (non-hydrogen) atoms. The number of carbonyl (C=O) groups is 1. The molecule has 4 heteroatoms. The molecule has 0 aliphatic heterocycles. The normalized spacial score (nSPS) is 21.2. The van der Waals surface area contributed by atoms with Crippen molar-refractivity contribution in [3.05, 3.63) is 34.9 Å². The van der Waals surface area contributed by atoms with Crippen LogP contribution in [0, 0.1) is 0 Å². The van der Waals surface area contributed by atoms with Gasteiger partial charge in [-0.05, 0) is 37.5 Å². The van der Waals surface area contributed by atoms with Crippen LogP contribution in [0.5, 0.6) is 0 Å². The fourth-order valence-corrected chi connectivity index (χ4v) is 2.42. The van der Waals surface area contributed by atoms with Crippen molar-refractivity contribution >= 4 is 17.5 Å². The van der Waals surface area contributed by atoms with Crippen LogP contribution in [0.2, 0.25) is 5.02 Å². The highest BCUT2D eigenvalue weighted by Crippen LogP contribution is 2.41.